The van der Waals surface area contributed by atoms with Gasteiger partial charge in [-0.15, -0.1) is 0 Å². The predicted molar refractivity (Wildman–Crippen MR) is 361 cm³/mol. The molecule has 102 heavy (non-hydrogen) atoms. The second-order valence-corrected chi connectivity index (χ2v) is 28.0. The fourth-order valence-electron chi connectivity index (χ4n) is 13.3. The van der Waals surface area contributed by atoms with E-state index >= 15 is 0 Å². The molecule has 574 valence electrons. The van der Waals surface area contributed by atoms with E-state index in [1.54, 1.807) is 74.7 Å². The van der Waals surface area contributed by atoms with Crippen LogP contribution in [0.25, 0.3) is 0 Å². The zero-order valence-corrected chi connectivity index (χ0v) is 63.0. The van der Waals surface area contributed by atoms with Gasteiger partial charge in [0.05, 0.1) is 58.7 Å². The number of aromatic nitrogens is 8. The first-order valence-electron chi connectivity index (χ1n) is 33.2. The number of esters is 1. The van der Waals surface area contributed by atoms with E-state index in [9.17, 15) is 68.7 Å². The smallest absolute Gasteiger partial charge is 0.330 e. The van der Waals surface area contributed by atoms with Crippen molar-refractivity contribution in [2.75, 3.05) is 71.1 Å². The maximum absolute atomic E-state index is 12.5. The third-order valence-electron chi connectivity index (χ3n) is 17.7. The number of hydrogen-bond donors (Lipinski definition) is 11. The minimum atomic E-state index is -1.35. The van der Waals surface area contributed by atoms with Gasteiger partial charge in [0, 0.05) is 61.9 Å². The summed E-state index contributed by atoms with van der Waals surface area (Å²) in [7, 11) is 2.13. The lowest BCUT2D eigenvalue weighted by molar-refractivity contribution is -0.911. The number of nitrogens with two attached hydrogens (primary N) is 1. The van der Waals surface area contributed by atoms with Gasteiger partial charge < -0.3 is 117 Å². The number of H-pyrrole nitrogens is 4. The zero-order chi connectivity index (χ0) is 74.4. The Morgan fingerprint density at radius 2 is 0.902 bits per heavy atom. The van der Waals surface area contributed by atoms with Gasteiger partial charge in [0.15, 0.2) is 42.3 Å². The van der Waals surface area contributed by atoms with Gasteiger partial charge in [-0.3, -0.25) is 67.1 Å². The Balaban J connectivity index is 0.000000183. The highest BCUT2D eigenvalue weighted by atomic mass is 127. The number of halogens is 2. The molecule has 9 fully saturated rings. The highest BCUT2D eigenvalue weighted by Gasteiger charge is 2.59. The summed E-state index contributed by atoms with van der Waals surface area (Å²) in [6.45, 7) is 19.8. The van der Waals surface area contributed by atoms with E-state index in [0.29, 0.717) is 24.2 Å². The summed E-state index contributed by atoms with van der Waals surface area (Å²) >= 11 is 2.15. The van der Waals surface area contributed by atoms with E-state index < -0.39 is 162 Å². The number of rotatable bonds is 13. The van der Waals surface area contributed by atoms with Crippen molar-refractivity contribution in [3.63, 3.8) is 0 Å². The fourth-order valence-corrected chi connectivity index (χ4v) is 13.3. The molecule has 13 heterocycles. The summed E-state index contributed by atoms with van der Waals surface area (Å²) in [5, 5.41) is 56.7. The molecule has 9 saturated heterocycles. The quantitative estimate of drug-likeness (QED) is 0.0257. The van der Waals surface area contributed by atoms with Gasteiger partial charge in [-0.2, -0.15) is 0 Å². The Morgan fingerprint density at radius 3 is 1.26 bits per heavy atom. The summed E-state index contributed by atoms with van der Waals surface area (Å²) in [5.74, 6) is -2.82. The third kappa shape index (κ3) is 20.3. The molecule has 0 aliphatic carbocycles. The monoisotopic (exact) mass is 1680 g/mol. The number of aromatic amines is 4. The first-order valence-corrected chi connectivity index (χ1v) is 35.3. The number of nitrogens with one attached hydrogen (secondary N) is 4. The number of nitrogens with zero attached hydrogens (tertiary/aromatic N) is 6. The first kappa shape index (κ1) is 84.2. The van der Waals surface area contributed by atoms with Crippen LogP contribution < -0.4 is 74.7 Å². The maximum atomic E-state index is 12.5. The Kier molecular flexibility index (Phi) is 28.9. The average molecular weight is 1680 g/mol. The van der Waals surface area contributed by atoms with Crippen molar-refractivity contribution in [2.24, 2.45) is 5.73 Å². The average Bonchev–Trinajstić information content (AvgIpc) is 1.61. The van der Waals surface area contributed by atoms with Crippen LogP contribution in [0.15, 0.2) is 75.3 Å². The normalized spacial score (nSPS) is 31.0. The van der Waals surface area contributed by atoms with Crippen molar-refractivity contribution >= 4 is 28.6 Å². The molecule has 4 aromatic rings. The molecule has 0 spiro atoms. The number of carbonyl (C=O) groups excluding carboxylic acids is 1. The van der Waals surface area contributed by atoms with E-state index in [4.69, 9.17) is 62.9 Å². The highest BCUT2D eigenvalue weighted by molar-refractivity contribution is 14.1. The van der Waals surface area contributed by atoms with E-state index in [2.05, 4.69) is 49.5 Å². The molecule has 39 heteroatoms. The molecule has 0 bridgehead atoms. The van der Waals surface area contributed by atoms with Gasteiger partial charge >= 0.3 is 28.7 Å². The number of ether oxygens (including phenoxy) is 11. The van der Waals surface area contributed by atoms with Crippen LogP contribution in [0.2, 0.25) is 0 Å². The number of quaternary nitrogens is 1. The summed E-state index contributed by atoms with van der Waals surface area (Å²) in [4.78, 5) is 118. The van der Waals surface area contributed by atoms with Crippen molar-refractivity contribution in [1.82, 2.24) is 43.1 Å². The highest BCUT2D eigenvalue weighted by Crippen LogP contribution is 2.45. The topological polar surface area (TPSA) is 489 Å². The number of alkyl halides is 1. The number of aliphatic hydroxyl groups excluding tert-OH is 6. The third-order valence-corrected chi connectivity index (χ3v) is 17.7. The van der Waals surface area contributed by atoms with Crippen molar-refractivity contribution in [3.05, 3.63) is 131 Å². The molecule has 4 unspecified atom stereocenters. The van der Waals surface area contributed by atoms with Gasteiger partial charge in [-0.1, -0.05) is 22.6 Å². The van der Waals surface area contributed by atoms with Crippen LogP contribution in [0.4, 0.5) is 0 Å². The van der Waals surface area contributed by atoms with Gasteiger partial charge in [0.1, 0.15) is 85.4 Å². The maximum Gasteiger partial charge on any atom is 0.330 e. The fraction of sp³-hybridized carbons (Fsp3) is 0.730. The van der Waals surface area contributed by atoms with E-state index in [1.807, 2.05) is 9.91 Å². The molecule has 16 atom stereocenters. The molecule has 0 aromatic carbocycles. The SMILES string of the molecule is CC(C)(C)OC(=O)CN.CC1(C)OC2[C@@H](CO)O[C@@H](n3cc(CN4CCCC4)c(=O)[nH]c3=O)[C@H]2O1.CC1(C)OC2[C@@H](CO)O[C@@H](n3cc(C[N+]4(C)CCCC4)c(=O)[nH]c3=O)[C@H]2O1.CC1(C)OC2[C@@H](CO)O[C@@H](n3ccc(=O)[nH]c3=O)[C@H]2O1.CI.O=c1ccn([C@@H]2O[C@H](CO)C(O)[C@@H]2O)c(=O)[nH]1.[I-]. The number of carbonyl (C=O) groups is 1. The summed E-state index contributed by atoms with van der Waals surface area (Å²) in [5.41, 5.74) is 1.40. The summed E-state index contributed by atoms with van der Waals surface area (Å²) < 4.78 is 67.9. The largest absolute Gasteiger partial charge is 1.00 e. The molecule has 0 saturated carbocycles. The van der Waals surface area contributed by atoms with Crippen molar-refractivity contribution in [3.8, 4) is 0 Å². The number of hydrogen-bond acceptors (Lipinski definition) is 28. The molecule has 37 nitrogen and oxygen atoms in total. The predicted octanol–water partition coefficient (Wildman–Crippen LogP) is -6.33. The Bertz CT molecular complexity index is 3950. The molecular weight excluding hydrogens is 1580 g/mol. The lowest BCUT2D eigenvalue weighted by Crippen LogP contribution is -3.00. The lowest BCUT2D eigenvalue weighted by atomic mass is 10.1. The van der Waals surface area contributed by atoms with E-state index in [-0.39, 0.29) is 67.4 Å². The molecule has 0 radical (unpaired) electrons. The Morgan fingerprint density at radius 1 is 0.549 bits per heavy atom. The van der Waals surface area contributed by atoms with Gasteiger partial charge in [0.25, 0.3) is 22.2 Å². The van der Waals surface area contributed by atoms with Crippen LogP contribution in [0.1, 0.15) is 124 Å². The van der Waals surface area contributed by atoms with Gasteiger partial charge in [-0.25, -0.2) is 19.2 Å². The van der Waals surface area contributed by atoms with Crippen LogP contribution >= 0.6 is 22.6 Å². The molecular formula is C63H97I2N11O26. The molecule has 0 amide bonds. The van der Waals surface area contributed by atoms with Crippen LogP contribution in [0.5, 0.6) is 0 Å². The standard InChI is InChI=1S/C18H27N3O6.C17H25N3O6.C12H16N2O6.C9H12N2O6.C6H13NO2.CH3I.HI/c1-18(2)26-13-12(10-22)25-16(14(13)27-18)20-8-11(15(23)19-17(20)24)9-21(3)6-4-5-7-21;1-17(2)25-12-11(9-21)24-15(13(12)26-17)20-8-10(14(22)18-16(20)23)7-19-5-3-4-6-19;1-12(2)19-8-6(5-15)18-10(9(8)20-12)14-4-3-7(16)13-11(14)17;12-3-4-6(14)7(15)8(17-4)11-2-1-5(13)10-9(11)16;1-6(2,3)9-5(8)4-7;1-2;/h8,12-14,16,22H,4-7,9-10H2,1-3H3;8,11-13,15,21H,3-7,9H2,1-2H3,(H,18,22,23);3-4,6,8-10,15H,5H2,1-2H3,(H,13,16,17);1-2,4,6-8,12,14-15H,3H2,(H,10,13,16);4,7H2,1-3H3;1H3;1H/t12-,13?,14+,16-;11-,12?,13+,15-;6-,8?,9+,10-;4-,6?,7+,8-;;;/m1111.../s1. The van der Waals surface area contributed by atoms with Crippen LogP contribution in [-0.4, -0.2) is 252 Å². The van der Waals surface area contributed by atoms with Crippen molar-refractivity contribution in [1.29, 1.82) is 0 Å². The summed E-state index contributed by atoms with van der Waals surface area (Å²) in [6.07, 6.45) is -1.62. The van der Waals surface area contributed by atoms with Crippen LogP contribution in [0.3, 0.4) is 0 Å². The molecule has 9 aliphatic heterocycles. The van der Waals surface area contributed by atoms with Crippen LogP contribution in [0, 0.1) is 0 Å². The van der Waals surface area contributed by atoms with E-state index in [1.165, 1.54) is 26.0 Å². The molecule has 4 aromatic heterocycles. The van der Waals surface area contributed by atoms with E-state index in [0.717, 1.165) is 73.2 Å². The second-order valence-electron chi connectivity index (χ2n) is 28.0. The minimum Gasteiger partial charge on any atom is -1.00 e. The second kappa shape index (κ2) is 35.1. The van der Waals surface area contributed by atoms with Crippen LogP contribution in [-0.2, 0) is 70.0 Å². The Labute approximate surface area is 614 Å². The Hall–Kier alpha value is -5.11. The molecule has 13 rings (SSSR count). The first-order chi connectivity index (χ1) is 47.5. The van der Waals surface area contributed by atoms with Crippen molar-refractivity contribution < 1.29 is 116 Å². The lowest BCUT2D eigenvalue weighted by Gasteiger charge is -2.29. The van der Waals surface area contributed by atoms with Gasteiger partial charge in [0.2, 0.25) is 0 Å². The summed E-state index contributed by atoms with van der Waals surface area (Å²) in [6, 6.07) is 2.32. The van der Waals surface area contributed by atoms with Gasteiger partial charge in [-0.05, 0) is 93.2 Å². The number of fused-ring (bicyclic) bond motifs is 3. The molecule has 9 aliphatic rings. The van der Waals surface area contributed by atoms with Crippen molar-refractivity contribution in [2.45, 2.75) is 222 Å². The minimum absolute atomic E-state index is 0. The number of likely N-dealkylation sites (tertiary alicyclic amines) is 2. The zero-order valence-electron chi connectivity index (χ0n) is 58.7. The molecule has 12 N–H and O–H groups in total. The number of aliphatic hydroxyl groups is 6.